The number of hydrogen-bond donors (Lipinski definition) is 2. The van der Waals surface area contributed by atoms with Gasteiger partial charge in [-0.2, -0.15) is 0 Å². The SMILES string of the molecule is CCOC(=O)c1sc(N2CCCC(O)C2)c(C2CC2)c1N. The molecule has 21 heavy (non-hydrogen) atoms. The molecule has 6 heteroatoms. The third-order valence-electron chi connectivity index (χ3n) is 4.09. The summed E-state index contributed by atoms with van der Waals surface area (Å²) < 4.78 is 5.11. The lowest BCUT2D eigenvalue weighted by Gasteiger charge is -2.31. The average Bonchev–Trinajstić information content (AvgIpc) is 3.22. The maximum Gasteiger partial charge on any atom is 0.350 e. The van der Waals surface area contributed by atoms with E-state index in [2.05, 4.69) is 4.90 Å². The van der Waals surface area contributed by atoms with Crippen LogP contribution in [0.3, 0.4) is 0 Å². The maximum atomic E-state index is 12.1. The van der Waals surface area contributed by atoms with Crippen LogP contribution in [0.25, 0.3) is 0 Å². The molecule has 2 fully saturated rings. The van der Waals surface area contributed by atoms with Crippen molar-refractivity contribution in [3.8, 4) is 0 Å². The molecule has 0 aromatic carbocycles. The molecule has 1 aliphatic heterocycles. The number of nitrogens with zero attached hydrogens (tertiary/aromatic N) is 1. The van der Waals surface area contributed by atoms with E-state index in [4.69, 9.17) is 10.5 Å². The molecule has 0 spiro atoms. The predicted octanol–water partition coefficient (Wildman–Crippen LogP) is 2.35. The summed E-state index contributed by atoms with van der Waals surface area (Å²) >= 11 is 1.43. The van der Waals surface area contributed by atoms with E-state index in [-0.39, 0.29) is 12.1 Å². The number of aliphatic hydroxyl groups excluding tert-OH is 1. The molecule has 116 valence electrons. The van der Waals surface area contributed by atoms with Gasteiger partial charge in [-0.25, -0.2) is 4.79 Å². The Bertz CT molecular complexity index is 539. The van der Waals surface area contributed by atoms with Crippen molar-refractivity contribution in [2.24, 2.45) is 0 Å². The van der Waals surface area contributed by atoms with Crippen LogP contribution >= 0.6 is 11.3 Å². The number of nitrogens with two attached hydrogens (primary N) is 1. The molecule has 1 aromatic heterocycles. The number of β-amino-alcohol motifs (C(OH)–C–C–N with tert-alkyl or cyclic N) is 1. The molecule has 1 atom stereocenters. The molecule has 5 nitrogen and oxygen atoms in total. The minimum Gasteiger partial charge on any atom is -0.462 e. The van der Waals surface area contributed by atoms with Crippen molar-refractivity contribution in [3.63, 3.8) is 0 Å². The molecule has 0 amide bonds. The topological polar surface area (TPSA) is 75.8 Å². The van der Waals surface area contributed by atoms with Gasteiger partial charge in [0.2, 0.25) is 0 Å². The first-order chi connectivity index (χ1) is 10.1. The minimum atomic E-state index is -0.328. The van der Waals surface area contributed by atoms with Crippen molar-refractivity contribution in [1.29, 1.82) is 0 Å². The van der Waals surface area contributed by atoms with Gasteiger partial charge in [-0.15, -0.1) is 11.3 Å². The van der Waals surface area contributed by atoms with Crippen LogP contribution in [0.5, 0.6) is 0 Å². The van der Waals surface area contributed by atoms with Gasteiger partial charge in [-0.05, 0) is 38.5 Å². The first-order valence-corrected chi connectivity index (χ1v) is 8.45. The van der Waals surface area contributed by atoms with E-state index in [0.29, 0.717) is 29.6 Å². The van der Waals surface area contributed by atoms with Crippen LogP contribution in [0.2, 0.25) is 0 Å². The number of aliphatic hydroxyl groups is 1. The van der Waals surface area contributed by atoms with Crippen molar-refractivity contribution in [3.05, 3.63) is 10.4 Å². The fraction of sp³-hybridized carbons (Fsp3) is 0.667. The Balaban J connectivity index is 1.94. The lowest BCUT2D eigenvalue weighted by atomic mass is 10.1. The molecule has 0 radical (unpaired) electrons. The molecule has 2 heterocycles. The Morgan fingerprint density at radius 1 is 1.48 bits per heavy atom. The third kappa shape index (κ3) is 2.87. The Morgan fingerprint density at radius 2 is 2.24 bits per heavy atom. The van der Waals surface area contributed by atoms with Crippen molar-refractivity contribution in [1.82, 2.24) is 0 Å². The summed E-state index contributed by atoms with van der Waals surface area (Å²) in [7, 11) is 0. The van der Waals surface area contributed by atoms with E-state index in [1.165, 1.54) is 11.3 Å². The normalized spacial score (nSPS) is 22.4. The van der Waals surface area contributed by atoms with E-state index in [9.17, 15) is 9.90 Å². The summed E-state index contributed by atoms with van der Waals surface area (Å²) in [6, 6.07) is 0. The van der Waals surface area contributed by atoms with Gasteiger partial charge in [0.05, 0.1) is 23.4 Å². The van der Waals surface area contributed by atoms with Gasteiger partial charge in [0.1, 0.15) is 4.88 Å². The number of anilines is 2. The molecule has 3 N–H and O–H groups in total. The molecule has 1 aliphatic carbocycles. The second kappa shape index (κ2) is 5.85. The standard InChI is InChI=1S/C15H22N2O3S/c1-2-20-15(19)13-12(16)11(9-5-6-9)14(21-13)17-7-3-4-10(18)8-17/h9-10,18H,2-8,16H2,1H3. The van der Waals surface area contributed by atoms with E-state index >= 15 is 0 Å². The van der Waals surface area contributed by atoms with Gasteiger partial charge in [0.25, 0.3) is 0 Å². The highest BCUT2D eigenvalue weighted by molar-refractivity contribution is 7.18. The fourth-order valence-electron chi connectivity index (χ4n) is 2.93. The van der Waals surface area contributed by atoms with Crippen molar-refractivity contribution in [2.45, 2.75) is 44.6 Å². The number of ether oxygens (including phenoxy) is 1. The molecule has 1 saturated heterocycles. The fourth-order valence-corrected chi connectivity index (χ4v) is 4.17. The van der Waals surface area contributed by atoms with Crippen LogP contribution in [-0.2, 0) is 4.74 Å². The van der Waals surface area contributed by atoms with E-state index in [0.717, 1.165) is 42.8 Å². The van der Waals surface area contributed by atoms with Crippen LogP contribution in [0.1, 0.15) is 53.8 Å². The number of nitrogen functional groups attached to an aromatic ring is 1. The Morgan fingerprint density at radius 3 is 2.86 bits per heavy atom. The highest BCUT2D eigenvalue weighted by Crippen LogP contribution is 2.52. The zero-order chi connectivity index (χ0) is 15.0. The summed E-state index contributed by atoms with van der Waals surface area (Å²) in [6.45, 7) is 3.69. The highest BCUT2D eigenvalue weighted by atomic mass is 32.1. The molecular weight excluding hydrogens is 288 g/mol. The number of carbonyl (C=O) groups is 1. The highest BCUT2D eigenvalue weighted by Gasteiger charge is 2.35. The van der Waals surface area contributed by atoms with Crippen LogP contribution in [0, 0.1) is 0 Å². The van der Waals surface area contributed by atoms with Crippen LogP contribution in [0.4, 0.5) is 10.7 Å². The minimum absolute atomic E-state index is 0.292. The second-order valence-corrected chi connectivity index (χ2v) is 6.80. The van der Waals surface area contributed by atoms with Gasteiger partial charge < -0.3 is 20.5 Å². The third-order valence-corrected chi connectivity index (χ3v) is 5.36. The number of carbonyl (C=O) groups excluding carboxylic acids is 1. The zero-order valence-corrected chi connectivity index (χ0v) is 13.1. The van der Waals surface area contributed by atoms with Crippen LogP contribution < -0.4 is 10.6 Å². The molecule has 1 unspecified atom stereocenters. The van der Waals surface area contributed by atoms with Gasteiger partial charge in [0.15, 0.2) is 0 Å². The molecule has 1 saturated carbocycles. The quantitative estimate of drug-likeness (QED) is 0.835. The van der Waals surface area contributed by atoms with E-state index in [1.807, 2.05) is 0 Å². The number of thiophene rings is 1. The first kappa shape index (κ1) is 14.7. The Kier molecular flexibility index (Phi) is 4.08. The summed E-state index contributed by atoms with van der Waals surface area (Å²) in [4.78, 5) is 14.8. The van der Waals surface area contributed by atoms with Gasteiger partial charge >= 0.3 is 5.97 Å². The molecule has 2 aliphatic rings. The van der Waals surface area contributed by atoms with Crippen molar-refractivity contribution in [2.75, 3.05) is 30.3 Å². The smallest absolute Gasteiger partial charge is 0.350 e. The zero-order valence-electron chi connectivity index (χ0n) is 12.3. The largest absolute Gasteiger partial charge is 0.462 e. The first-order valence-electron chi connectivity index (χ1n) is 7.64. The monoisotopic (exact) mass is 310 g/mol. The van der Waals surface area contributed by atoms with Gasteiger partial charge in [-0.1, -0.05) is 0 Å². The molecule has 1 aromatic rings. The number of esters is 1. The lowest BCUT2D eigenvalue weighted by Crippen LogP contribution is -2.38. The lowest BCUT2D eigenvalue weighted by molar-refractivity contribution is 0.0533. The van der Waals surface area contributed by atoms with Crippen LogP contribution in [-0.4, -0.2) is 36.9 Å². The Labute approximate surface area is 128 Å². The van der Waals surface area contributed by atoms with Crippen molar-refractivity contribution < 1.29 is 14.6 Å². The number of piperidine rings is 1. The Hall–Kier alpha value is -1.27. The maximum absolute atomic E-state index is 12.1. The average molecular weight is 310 g/mol. The van der Waals surface area contributed by atoms with Crippen LogP contribution in [0.15, 0.2) is 0 Å². The summed E-state index contributed by atoms with van der Waals surface area (Å²) in [5.41, 5.74) is 7.94. The molecule has 0 bridgehead atoms. The molecule has 3 rings (SSSR count). The number of hydrogen-bond acceptors (Lipinski definition) is 6. The molecular formula is C15H22N2O3S. The van der Waals surface area contributed by atoms with Gasteiger partial charge in [-0.3, -0.25) is 0 Å². The van der Waals surface area contributed by atoms with Gasteiger partial charge in [0, 0.05) is 18.7 Å². The summed E-state index contributed by atoms with van der Waals surface area (Å²) in [6.07, 6.45) is 3.79. The summed E-state index contributed by atoms with van der Waals surface area (Å²) in [5.74, 6) is 0.143. The van der Waals surface area contributed by atoms with E-state index in [1.54, 1.807) is 6.92 Å². The number of rotatable bonds is 4. The van der Waals surface area contributed by atoms with Crippen molar-refractivity contribution >= 4 is 28.0 Å². The summed E-state index contributed by atoms with van der Waals surface area (Å²) in [5, 5.41) is 11.0. The predicted molar refractivity (Wildman–Crippen MR) is 84.1 cm³/mol. The second-order valence-electron chi connectivity index (χ2n) is 5.80. The van der Waals surface area contributed by atoms with E-state index < -0.39 is 0 Å².